The molecule has 0 radical (unpaired) electrons. The summed E-state index contributed by atoms with van der Waals surface area (Å²) in [6, 6.07) is 16.6. The van der Waals surface area contributed by atoms with Crippen molar-refractivity contribution in [3.8, 4) is 11.1 Å². The van der Waals surface area contributed by atoms with Gasteiger partial charge in [0.2, 0.25) is 5.89 Å². The van der Waals surface area contributed by atoms with Gasteiger partial charge in [-0.15, -0.1) is 0 Å². The van der Waals surface area contributed by atoms with E-state index in [0.29, 0.717) is 0 Å². The van der Waals surface area contributed by atoms with Crippen LogP contribution in [0.15, 0.2) is 59.0 Å². The van der Waals surface area contributed by atoms with Crippen LogP contribution < -0.4 is 0 Å². The van der Waals surface area contributed by atoms with Crippen molar-refractivity contribution in [2.75, 3.05) is 20.1 Å². The lowest BCUT2D eigenvalue weighted by molar-refractivity contribution is 0.367. The zero-order chi connectivity index (χ0) is 14.9. The molecule has 4 rings (SSSR count). The van der Waals surface area contributed by atoms with Crippen molar-refractivity contribution in [3.63, 3.8) is 0 Å². The fraction of sp³-hybridized carbons (Fsp3) is 0.211. The van der Waals surface area contributed by atoms with E-state index in [-0.39, 0.29) is 0 Å². The molecule has 2 aromatic carbocycles. The zero-order valence-electron chi connectivity index (χ0n) is 12.6. The Bertz CT molecular complexity index is 833. The molecule has 0 amide bonds. The first-order valence-corrected chi connectivity index (χ1v) is 7.63. The molecule has 1 aliphatic rings. The van der Waals surface area contributed by atoms with Crippen LogP contribution >= 0.6 is 0 Å². The van der Waals surface area contributed by atoms with Gasteiger partial charge < -0.3 is 9.32 Å². The van der Waals surface area contributed by atoms with E-state index in [9.17, 15) is 0 Å². The van der Waals surface area contributed by atoms with Gasteiger partial charge in [0.05, 0.1) is 0 Å². The van der Waals surface area contributed by atoms with Gasteiger partial charge in [-0.2, -0.15) is 0 Å². The maximum atomic E-state index is 5.94. The van der Waals surface area contributed by atoms with E-state index in [1.54, 1.807) is 0 Å². The smallest absolute Gasteiger partial charge is 0.222 e. The summed E-state index contributed by atoms with van der Waals surface area (Å²) in [7, 11) is 2.13. The van der Waals surface area contributed by atoms with Gasteiger partial charge >= 0.3 is 0 Å². The van der Waals surface area contributed by atoms with E-state index >= 15 is 0 Å². The first-order valence-electron chi connectivity index (χ1n) is 7.63. The van der Waals surface area contributed by atoms with Crippen LogP contribution in [0.25, 0.3) is 27.8 Å². The Hall–Kier alpha value is -2.39. The van der Waals surface area contributed by atoms with Gasteiger partial charge in [0.25, 0.3) is 0 Å². The van der Waals surface area contributed by atoms with Crippen molar-refractivity contribution in [1.29, 1.82) is 0 Å². The standard InChI is InChI=1S/C19H18N2O/c1-21-11-9-15(10-12-21)19-20-17-13-16(7-8-18(17)22-19)14-5-3-2-4-6-14/h2-9,13H,10-12H2,1H3. The molecule has 0 N–H and O–H groups in total. The largest absolute Gasteiger partial charge is 0.436 e. The van der Waals surface area contributed by atoms with Crippen molar-refractivity contribution in [1.82, 2.24) is 9.88 Å². The average Bonchev–Trinajstić information content (AvgIpc) is 2.99. The second-order valence-electron chi connectivity index (χ2n) is 5.81. The predicted molar refractivity (Wildman–Crippen MR) is 89.5 cm³/mol. The summed E-state index contributed by atoms with van der Waals surface area (Å²) < 4.78 is 5.94. The number of hydrogen-bond donors (Lipinski definition) is 0. The summed E-state index contributed by atoms with van der Waals surface area (Å²) in [4.78, 5) is 6.99. The lowest BCUT2D eigenvalue weighted by Crippen LogP contribution is -2.23. The van der Waals surface area contributed by atoms with Crippen LogP contribution in [-0.4, -0.2) is 30.0 Å². The summed E-state index contributed by atoms with van der Waals surface area (Å²) in [5.74, 6) is 0.772. The highest BCUT2D eigenvalue weighted by Crippen LogP contribution is 2.28. The maximum Gasteiger partial charge on any atom is 0.222 e. The number of benzene rings is 2. The molecule has 110 valence electrons. The normalized spacial score (nSPS) is 16.0. The third-order valence-corrected chi connectivity index (χ3v) is 4.18. The minimum atomic E-state index is 0.772. The van der Waals surface area contributed by atoms with Gasteiger partial charge in [-0.3, -0.25) is 0 Å². The van der Waals surface area contributed by atoms with Gasteiger partial charge in [-0.05, 0) is 36.7 Å². The molecule has 0 fully saturated rings. The summed E-state index contributed by atoms with van der Waals surface area (Å²) in [5.41, 5.74) is 5.37. The molecular weight excluding hydrogens is 272 g/mol. The number of nitrogens with zero attached hydrogens (tertiary/aromatic N) is 2. The topological polar surface area (TPSA) is 29.3 Å². The third kappa shape index (κ3) is 2.44. The van der Waals surface area contributed by atoms with Crippen LogP contribution in [-0.2, 0) is 0 Å². The van der Waals surface area contributed by atoms with Crippen molar-refractivity contribution in [3.05, 3.63) is 60.5 Å². The lowest BCUT2D eigenvalue weighted by Gasteiger charge is -2.20. The number of hydrogen-bond acceptors (Lipinski definition) is 3. The van der Waals surface area contributed by atoms with Crippen LogP contribution in [0.3, 0.4) is 0 Å². The lowest BCUT2D eigenvalue weighted by atomic mass is 10.1. The molecule has 3 heteroatoms. The SMILES string of the molecule is CN1CC=C(c2nc3cc(-c4ccccc4)ccc3o2)CC1. The van der Waals surface area contributed by atoms with Crippen molar-refractivity contribution < 1.29 is 4.42 Å². The number of oxazole rings is 1. The highest BCUT2D eigenvalue weighted by Gasteiger charge is 2.15. The molecule has 0 unspecified atom stereocenters. The van der Waals surface area contributed by atoms with E-state index < -0.39 is 0 Å². The number of fused-ring (bicyclic) bond motifs is 1. The first-order chi connectivity index (χ1) is 10.8. The second kappa shape index (κ2) is 5.43. The molecule has 3 nitrogen and oxygen atoms in total. The zero-order valence-corrected chi connectivity index (χ0v) is 12.6. The molecule has 0 saturated carbocycles. The van der Waals surface area contributed by atoms with E-state index in [4.69, 9.17) is 9.40 Å². The summed E-state index contributed by atoms with van der Waals surface area (Å²) in [6.07, 6.45) is 3.21. The highest BCUT2D eigenvalue weighted by molar-refractivity contribution is 5.82. The van der Waals surface area contributed by atoms with Crippen LogP contribution in [0.4, 0.5) is 0 Å². The number of aromatic nitrogens is 1. The molecule has 2 heterocycles. The number of likely N-dealkylation sites (N-methyl/N-ethyl adjacent to an activating group) is 1. The summed E-state index contributed by atoms with van der Waals surface area (Å²) >= 11 is 0. The van der Waals surface area contributed by atoms with Gasteiger partial charge in [0.1, 0.15) is 5.52 Å². The maximum absolute atomic E-state index is 5.94. The molecule has 1 aliphatic heterocycles. The van der Waals surface area contributed by atoms with Crippen LogP contribution in [0.1, 0.15) is 12.3 Å². The fourth-order valence-corrected chi connectivity index (χ4v) is 2.84. The van der Waals surface area contributed by atoms with Gasteiger partial charge in [0, 0.05) is 18.7 Å². The Labute approximate surface area is 129 Å². The molecule has 3 aromatic rings. The van der Waals surface area contributed by atoms with E-state index in [1.807, 2.05) is 12.1 Å². The van der Waals surface area contributed by atoms with E-state index in [2.05, 4.69) is 54.4 Å². The molecule has 0 spiro atoms. The van der Waals surface area contributed by atoms with Gasteiger partial charge in [0.15, 0.2) is 5.58 Å². The molecule has 0 bridgehead atoms. The van der Waals surface area contributed by atoms with Crippen molar-refractivity contribution >= 4 is 16.7 Å². The van der Waals surface area contributed by atoms with E-state index in [1.165, 1.54) is 16.7 Å². The minimum Gasteiger partial charge on any atom is -0.436 e. The molecular formula is C19H18N2O. The average molecular weight is 290 g/mol. The van der Waals surface area contributed by atoms with E-state index in [0.717, 1.165) is 36.5 Å². The quantitative estimate of drug-likeness (QED) is 0.708. The Morgan fingerprint density at radius 3 is 2.68 bits per heavy atom. The minimum absolute atomic E-state index is 0.772. The van der Waals surface area contributed by atoms with Crippen molar-refractivity contribution in [2.24, 2.45) is 0 Å². The Kier molecular flexibility index (Phi) is 3.28. The Morgan fingerprint density at radius 2 is 1.91 bits per heavy atom. The molecule has 22 heavy (non-hydrogen) atoms. The summed E-state index contributed by atoms with van der Waals surface area (Å²) in [5, 5.41) is 0. The van der Waals surface area contributed by atoms with Crippen LogP contribution in [0.2, 0.25) is 0 Å². The van der Waals surface area contributed by atoms with Gasteiger partial charge in [-0.1, -0.05) is 42.5 Å². The van der Waals surface area contributed by atoms with Gasteiger partial charge in [-0.25, -0.2) is 4.98 Å². The Morgan fingerprint density at radius 1 is 1.05 bits per heavy atom. The van der Waals surface area contributed by atoms with Crippen LogP contribution in [0, 0.1) is 0 Å². The molecule has 0 saturated heterocycles. The monoisotopic (exact) mass is 290 g/mol. The van der Waals surface area contributed by atoms with Crippen molar-refractivity contribution in [2.45, 2.75) is 6.42 Å². The fourth-order valence-electron chi connectivity index (χ4n) is 2.84. The first kappa shape index (κ1) is 13.3. The summed E-state index contributed by atoms with van der Waals surface area (Å²) in [6.45, 7) is 2.02. The Balaban J connectivity index is 1.73. The number of rotatable bonds is 2. The molecule has 0 aliphatic carbocycles. The molecule has 0 atom stereocenters. The van der Waals surface area contributed by atoms with Crippen LogP contribution in [0.5, 0.6) is 0 Å². The third-order valence-electron chi connectivity index (χ3n) is 4.18. The highest BCUT2D eigenvalue weighted by atomic mass is 16.3. The molecule has 1 aromatic heterocycles. The second-order valence-corrected chi connectivity index (χ2v) is 5.81. The predicted octanol–water partition coefficient (Wildman–Crippen LogP) is 4.21.